The molecule has 5 aromatic rings. The van der Waals surface area contributed by atoms with Gasteiger partial charge in [0.15, 0.2) is 10.8 Å². The molecule has 146 valence electrons. The van der Waals surface area contributed by atoms with Crippen molar-refractivity contribution >= 4 is 22.6 Å². The maximum atomic E-state index is 13.6. The smallest absolute Gasteiger partial charge is 0.161 e. The van der Waals surface area contributed by atoms with Gasteiger partial charge in [-0.05, 0) is 59.7 Å². The van der Waals surface area contributed by atoms with Gasteiger partial charge < -0.3 is 0 Å². The molecule has 0 radical (unpaired) electrons. The van der Waals surface area contributed by atoms with Crippen molar-refractivity contribution in [1.82, 2.24) is 20.2 Å². The lowest BCUT2D eigenvalue weighted by atomic mass is 9.89. The van der Waals surface area contributed by atoms with Gasteiger partial charge in [-0.3, -0.25) is 10.1 Å². The van der Waals surface area contributed by atoms with E-state index in [2.05, 4.69) is 15.2 Å². The van der Waals surface area contributed by atoms with Crippen molar-refractivity contribution < 1.29 is 8.78 Å². The van der Waals surface area contributed by atoms with Crippen LogP contribution < -0.4 is 0 Å². The standard InChI is InChI=1S/C23H13ClF2N4/c24-22-20-18(13-1-5-16(25)6-2-13)19(14-9-11-27-12-10-14)21(28-23(20)30-29-22)15-3-7-17(26)8-4-15/h1-12H,(H,28,29,30). The zero-order chi connectivity index (χ0) is 20.7. The molecular weight excluding hydrogens is 406 g/mol. The lowest BCUT2D eigenvalue weighted by Gasteiger charge is -2.16. The van der Waals surface area contributed by atoms with Crippen molar-refractivity contribution in [2.24, 2.45) is 0 Å². The molecular formula is C23H13ClF2N4. The van der Waals surface area contributed by atoms with Gasteiger partial charge in [0.1, 0.15) is 11.6 Å². The van der Waals surface area contributed by atoms with E-state index in [9.17, 15) is 8.78 Å². The largest absolute Gasteiger partial charge is 0.265 e. The molecule has 0 saturated heterocycles. The molecule has 2 aromatic carbocycles. The zero-order valence-corrected chi connectivity index (χ0v) is 16.2. The van der Waals surface area contributed by atoms with E-state index in [1.54, 1.807) is 36.7 Å². The fourth-order valence-electron chi connectivity index (χ4n) is 3.55. The Morgan fingerprint density at radius 3 is 1.90 bits per heavy atom. The predicted molar refractivity (Wildman–Crippen MR) is 113 cm³/mol. The summed E-state index contributed by atoms with van der Waals surface area (Å²) in [6.45, 7) is 0. The fourth-order valence-corrected chi connectivity index (χ4v) is 3.77. The average Bonchev–Trinajstić information content (AvgIpc) is 3.15. The highest BCUT2D eigenvalue weighted by Gasteiger charge is 2.22. The Labute approximate surface area is 175 Å². The van der Waals surface area contributed by atoms with Crippen molar-refractivity contribution in [3.8, 4) is 33.5 Å². The Hall–Kier alpha value is -3.64. The molecule has 7 heteroatoms. The van der Waals surface area contributed by atoms with Gasteiger partial charge in [0.05, 0.1) is 11.1 Å². The van der Waals surface area contributed by atoms with Crippen LogP contribution in [0.5, 0.6) is 0 Å². The highest BCUT2D eigenvalue weighted by Crippen LogP contribution is 2.44. The number of fused-ring (bicyclic) bond motifs is 1. The van der Waals surface area contributed by atoms with E-state index in [0.29, 0.717) is 16.7 Å². The summed E-state index contributed by atoms with van der Waals surface area (Å²) < 4.78 is 27.2. The minimum absolute atomic E-state index is 0.262. The van der Waals surface area contributed by atoms with Crippen molar-refractivity contribution in [2.75, 3.05) is 0 Å². The molecule has 0 unspecified atom stereocenters. The molecule has 4 nitrogen and oxygen atoms in total. The number of benzene rings is 2. The minimum Gasteiger partial charge on any atom is -0.265 e. The van der Waals surface area contributed by atoms with Crippen LogP contribution in [-0.4, -0.2) is 20.2 Å². The number of nitrogens with one attached hydrogen (secondary N) is 1. The van der Waals surface area contributed by atoms with Gasteiger partial charge in [-0.2, -0.15) is 5.10 Å². The Kier molecular flexibility index (Phi) is 4.48. The van der Waals surface area contributed by atoms with E-state index >= 15 is 0 Å². The number of hydrogen-bond donors (Lipinski definition) is 1. The second kappa shape index (κ2) is 7.31. The summed E-state index contributed by atoms with van der Waals surface area (Å²) >= 11 is 6.42. The molecule has 0 bridgehead atoms. The van der Waals surface area contributed by atoms with Gasteiger partial charge in [-0.15, -0.1) is 0 Å². The lowest BCUT2D eigenvalue weighted by Crippen LogP contribution is -1.96. The maximum Gasteiger partial charge on any atom is 0.161 e. The third-order valence-corrected chi connectivity index (χ3v) is 5.16. The van der Waals surface area contributed by atoms with Crippen molar-refractivity contribution in [3.05, 3.63) is 89.8 Å². The summed E-state index contributed by atoms with van der Waals surface area (Å²) in [4.78, 5) is 8.86. The summed E-state index contributed by atoms with van der Waals surface area (Å²) in [6, 6.07) is 16.0. The molecule has 5 rings (SSSR count). The van der Waals surface area contributed by atoms with Gasteiger partial charge in [0.25, 0.3) is 0 Å². The normalized spacial score (nSPS) is 11.2. The molecule has 0 atom stereocenters. The molecule has 30 heavy (non-hydrogen) atoms. The zero-order valence-electron chi connectivity index (χ0n) is 15.4. The van der Waals surface area contributed by atoms with Crippen LogP contribution in [0.3, 0.4) is 0 Å². The number of H-pyrrole nitrogens is 1. The van der Waals surface area contributed by atoms with E-state index in [1.807, 2.05) is 12.1 Å². The van der Waals surface area contributed by atoms with Crippen LogP contribution in [0.2, 0.25) is 5.15 Å². The second-order valence-electron chi connectivity index (χ2n) is 6.70. The van der Waals surface area contributed by atoms with Crippen LogP contribution >= 0.6 is 11.6 Å². The van der Waals surface area contributed by atoms with Crippen molar-refractivity contribution in [2.45, 2.75) is 0 Å². The number of nitrogens with zero attached hydrogens (tertiary/aromatic N) is 3. The summed E-state index contributed by atoms with van der Waals surface area (Å²) in [5.41, 5.74) is 4.94. The summed E-state index contributed by atoms with van der Waals surface area (Å²) in [7, 11) is 0. The molecule has 3 heterocycles. The summed E-state index contributed by atoms with van der Waals surface area (Å²) in [6.07, 6.45) is 3.36. The third-order valence-electron chi connectivity index (χ3n) is 4.88. The Morgan fingerprint density at radius 2 is 1.27 bits per heavy atom. The molecule has 0 spiro atoms. The molecule has 0 aliphatic heterocycles. The van der Waals surface area contributed by atoms with E-state index in [1.165, 1.54) is 24.3 Å². The first-order valence-corrected chi connectivity index (χ1v) is 9.49. The van der Waals surface area contributed by atoms with Gasteiger partial charge in [-0.1, -0.05) is 23.7 Å². The van der Waals surface area contributed by atoms with Crippen LogP contribution in [0.25, 0.3) is 44.5 Å². The second-order valence-corrected chi connectivity index (χ2v) is 7.06. The van der Waals surface area contributed by atoms with Gasteiger partial charge in [-0.25, -0.2) is 13.8 Å². The van der Waals surface area contributed by atoms with E-state index in [0.717, 1.165) is 27.8 Å². The number of rotatable bonds is 3. The molecule has 0 aliphatic carbocycles. The van der Waals surface area contributed by atoms with Crippen LogP contribution in [0.4, 0.5) is 8.78 Å². The van der Waals surface area contributed by atoms with E-state index in [4.69, 9.17) is 16.6 Å². The first-order valence-electron chi connectivity index (χ1n) is 9.11. The first-order chi connectivity index (χ1) is 14.6. The molecule has 3 aromatic heterocycles. The van der Waals surface area contributed by atoms with Gasteiger partial charge >= 0.3 is 0 Å². The Bertz CT molecular complexity index is 1350. The third kappa shape index (κ3) is 3.11. The topological polar surface area (TPSA) is 54.5 Å². The highest BCUT2D eigenvalue weighted by atomic mass is 35.5. The molecule has 1 N–H and O–H groups in total. The van der Waals surface area contributed by atoms with Crippen LogP contribution in [0.15, 0.2) is 73.1 Å². The Morgan fingerprint density at radius 1 is 0.700 bits per heavy atom. The van der Waals surface area contributed by atoms with Crippen molar-refractivity contribution in [1.29, 1.82) is 0 Å². The van der Waals surface area contributed by atoms with Gasteiger partial charge in [0, 0.05) is 29.1 Å². The van der Waals surface area contributed by atoms with E-state index in [-0.39, 0.29) is 16.8 Å². The molecule has 0 amide bonds. The average molecular weight is 419 g/mol. The van der Waals surface area contributed by atoms with Gasteiger partial charge in [0.2, 0.25) is 0 Å². The number of aromatic nitrogens is 4. The van der Waals surface area contributed by atoms with Crippen LogP contribution in [-0.2, 0) is 0 Å². The quantitative estimate of drug-likeness (QED) is 0.375. The number of halogens is 3. The first kappa shape index (κ1) is 18.4. The SMILES string of the molecule is Fc1ccc(-c2nc3[nH]nc(Cl)c3c(-c3ccc(F)cc3)c2-c2ccncc2)cc1. The number of pyridine rings is 2. The number of aromatic amines is 1. The summed E-state index contributed by atoms with van der Waals surface area (Å²) in [5.74, 6) is -0.680. The highest BCUT2D eigenvalue weighted by molar-refractivity contribution is 6.35. The number of hydrogen-bond acceptors (Lipinski definition) is 3. The Balaban J connectivity index is 1.95. The van der Waals surface area contributed by atoms with E-state index < -0.39 is 0 Å². The molecule has 0 fully saturated rings. The van der Waals surface area contributed by atoms with Crippen LogP contribution in [0, 0.1) is 11.6 Å². The lowest BCUT2D eigenvalue weighted by molar-refractivity contribution is 0.627. The van der Waals surface area contributed by atoms with Crippen LogP contribution in [0.1, 0.15) is 0 Å². The van der Waals surface area contributed by atoms with Crippen molar-refractivity contribution in [3.63, 3.8) is 0 Å². The predicted octanol–water partition coefficient (Wildman–Crippen LogP) is 6.29. The monoisotopic (exact) mass is 418 g/mol. The minimum atomic E-state index is -0.341. The summed E-state index contributed by atoms with van der Waals surface area (Å²) in [5, 5.41) is 7.86. The molecule has 0 saturated carbocycles. The fraction of sp³-hybridized carbons (Fsp3) is 0. The molecule has 0 aliphatic rings. The maximum absolute atomic E-state index is 13.6.